The molecule has 120 valence electrons. The first-order valence-electron chi connectivity index (χ1n) is 8.15. The summed E-state index contributed by atoms with van der Waals surface area (Å²) in [6.45, 7) is 15.3. The molecule has 1 aliphatic rings. The molecule has 2 heterocycles. The number of hydrogen-bond acceptors (Lipinski definition) is 3. The number of hydrogen-bond donors (Lipinski definition) is 1. The van der Waals surface area contributed by atoms with Crippen molar-refractivity contribution in [3.05, 3.63) is 15.9 Å². The summed E-state index contributed by atoms with van der Waals surface area (Å²) < 4.78 is 3.36. The molecule has 1 aromatic rings. The molecule has 0 aromatic carbocycles. The Balaban J connectivity index is 2.25. The Kier molecular flexibility index (Phi) is 5.49. The summed E-state index contributed by atoms with van der Waals surface area (Å²) in [6, 6.07) is 0.598. The van der Waals surface area contributed by atoms with Gasteiger partial charge in [0.15, 0.2) is 0 Å². The molecule has 0 saturated carbocycles. The van der Waals surface area contributed by atoms with Gasteiger partial charge in [-0.15, -0.1) is 0 Å². The molecule has 1 saturated heterocycles. The molecule has 0 amide bonds. The van der Waals surface area contributed by atoms with Crippen LogP contribution >= 0.6 is 15.9 Å². The normalized spacial score (nSPS) is 22.7. The second-order valence-corrected chi connectivity index (χ2v) is 7.35. The van der Waals surface area contributed by atoms with Gasteiger partial charge in [-0.2, -0.15) is 5.10 Å². The van der Waals surface area contributed by atoms with Gasteiger partial charge in [-0.3, -0.25) is 9.58 Å². The van der Waals surface area contributed by atoms with E-state index in [1.165, 1.54) is 22.3 Å². The highest BCUT2D eigenvalue weighted by Gasteiger charge is 2.34. The van der Waals surface area contributed by atoms with Crippen LogP contribution in [0.15, 0.2) is 4.47 Å². The quantitative estimate of drug-likeness (QED) is 0.879. The molecule has 0 radical (unpaired) electrons. The zero-order valence-electron chi connectivity index (χ0n) is 14.0. The Morgan fingerprint density at radius 2 is 2.05 bits per heavy atom. The Hall–Kier alpha value is -0.390. The summed E-state index contributed by atoms with van der Waals surface area (Å²) in [5, 5.41) is 8.39. The first-order valence-corrected chi connectivity index (χ1v) is 8.94. The van der Waals surface area contributed by atoms with Gasteiger partial charge in [0.05, 0.1) is 15.9 Å². The van der Waals surface area contributed by atoms with Crippen LogP contribution in [0.25, 0.3) is 0 Å². The molecule has 1 unspecified atom stereocenters. The van der Waals surface area contributed by atoms with Crippen LogP contribution in [0.1, 0.15) is 52.4 Å². The number of piperazine rings is 1. The van der Waals surface area contributed by atoms with Crippen LogP contribution in [0.5, 0.6) is 0 Å². The van der Waals surface area contributed by atoms with Crippen molar-refractivity contribution in [2.75, 3.05) is 13.1 Å². The van der Waals surface area contributed by atoms with Gasteiger partial charge in [-0.1, -0.05) is 13.8 Å². The lowest BCUT2D eigenvalue weighted by molar-refractivity contribution is 0.0550. The zero-order chi connectivity index (χ0) is 15.6. The van der Waals surface area contributed by atoms with Crippen LogP contribution < -0.4 is 5.32 Å². The SMILES string of the molecule is CCc1nn(CC)c(CN2CC(CC)NCC2(C)C)c1Br. The van der Waals surface area contributed by atoms with Crippen LogP contribution in [-0.2, 0) is 19.5 Å². The molecule has 5 heteroatoms. The molecule has 1 fully saturated rings. The number of aryl methyl sites for hydroxylation is 2. The summed E-state index contributed by atoms with van der Waals surface area (Å²) in [7, 11) is 0. The second-order valence-electron chi connectivity index (χ2n) is 6.56. The fraction of sp³-hybridized carbons (Fsp3) is 0.812. The van der Waals surface area contributed by atoms with Crippen molar-refractivity contribution in [3.63, 3.8) is 0 Å². The lowest BCUT2D eigenvalue weighted by Gasteiger charge is -2.46. The van der Waals surface area contributed by atoms with Gasteiger partial charge in [0, 0.05) is 37.8 Å². The van der Waals surface area contributed by atoms with Crippen LogP contribution in [-0.4, -0.2) is 39.4 Å². The standard InChI is InChI=1S/C16H29BrN4/c1-6-12-9-20(16(4,5)11-18-12)10-14-15(17)13(7-2)19-21(14)8-3/h12,18H,6-11H2,1-5H3. The van der Waals surface area contributed by atoms with Crippen molar-refractivity contribution in [3.8, 4) is 0 Å². The van der Waals surface area contributed by atoms with E-state index in [0.29, 0.717) is 6.04 Å². The van der Waals surface area contributed by atoms with E-state index < -0.39 is 0 Å². The highest BCUT2D eigenvalue weighted by Crippen LogP contribution is 2.28. The summed E-state index contributed by atoms with van der Waals surface area (Å²) >= 11 is 3.77. The maximum absolute atomic E-state index is 4.73. The minimum Gasteiger partial charge on any atom is -0.311 e. The smallest absolute Gasteiger partial charge is 0.0767 e. The van der Waals surface area contributed by atoms with E-state index in [1.807, 2.05) is 0 Å². The van der Waals surface area contributed by atoms with E-state index in [9.17, 15) is 0 Å². The van der Waals surface area contributed by atoms with Crippen molar-refractivity contribution in [1.29, 1.82) is 0 Å². The van der Waals surface area contributed by atoms with Crippen molar-refractivity contribution in [1.82, 2.24) is 20.0 Å². The lowest BCUT2D eigenvalue weighted by atomic mass is 9.96. The maximum atomic E-state index is 4.73. The Morgan fingerprint density at radius 3 is 2.62 bits per heavy atom. The average Bonchev–Trinajstić information content (AvgIpc) is 2.77. The molecule has 1 atom stereocenters. The number of aromatic nitrogens is 2. The Morgan fingerprint density at radius 1 is 1.33 bits per heavy atom. The zero-order valence-corrected chi connectivity index (χ0v) is 15.6. The number of nitrogens with one attached hydrogen (secondary N) is 1. The minimum atomic E-state index is 0.181. The van der Waals surface area contributed by atoms with Crippen molar-refractivity contribution in [2.24, 2.45) is 0 Å². The molecule has 1 aliphatic heterocycles. The largest absolute Gasteiger partial charge is 0.311 e. The molecule has 21 heavy (non-hydrogen) atoms. The predicted octanol–water partition coefficient (Wildman–Crippen LogP) is 3.19. The van der Waals surface area contributed by atoms with Crippen LogP contribution in [0.4, 0.5) is 0 Å². The fourth-order valence-electron chi connectivity index (χ4n) is 2.98. The third-order valence-electron chi connectivity index (χ3n) is 4.65. The molecule has 0 aliphatic carbocycles. The first kappa shape index (κ1) is 17.0. The van der Waals surface area contributed by atoms with Crippen molar-refractivity contribution < 1.29 is 0 Å². The monoisotopic (exact) mass is 356 g/mol. The van der Waals surface area contributed by atoms with E-state index in [2.05, 4.69) is 65.4 Å². The molecule has 4 nitrogen and oxygen atoms in total. The lowest BCUT2D eigenvalue weighted by Crippen LogP contribution is -2.61. The van der Waals surface area contributed by atoms with Gasteiger partial charge < -0.3 is 5.32 Å². The minimum absolute atomic E-state index is 0.181. The summed E-state index contributed by atoms with van der Waals surface area (Å²) in [5.74, 6) is 0. The fourth-order valence-corrected chi connectivity index (χ4v) is 3.67. The number of rotatable bonds is 5. The van der Waals surface area contributed by atoms with E-state index >= 15 is 0 Å². The maximum Gasteiger partial charge on any atom is 0.0767 e. The number of halogens is 1. The molecule has 2 rings (SSSR count). The van der Waals surface area contributed by atoms with Gasteiger partial charge in [0.2, 0.25) is 0 Å². The molecule has 0 bridgehead atoms. The third-order valence-corrected chi connectivity index (χ3v) is 5.56. The van der Waals surface area contributed by atoms with Gasteiger partial charge in [-0.05, 0) is 49.5 Å². The van der Waals surface area contributed by atoms with Crippen molar-refractivity contribution in [2.45, 2.75) is 72.1 Å². The molecular formula is C16H29BrN4. The Bertz CT molecular complexity index is 481. The molecule has 1 aromatic heterocycles. The molecule has 1 N–H and O–H groups in total. The van der Waals surface area contributed by atoms with Crippen LogP contribution in [0.3, 0.4) is 0 Å². The Labute approximate surface area is 137 Å². The second kappa shape index (κ2) is 6.80. The summed E-state index contributed by atoms with van der Waals surface area (Å²) in [6.07, 6.45) is 2.16. The van der Waals surface area contributed by atoms with Gasteiger partial charge in [0.1, 0.15) is 0 Å². The highest BCUT2D eigenvalue weighted by atomic mass is 79.9. The van der Waals surface area contributed by atoms with E-state index in [4.69, 9.17) is 5.10 Å². The summed E-state index contributed by atoms with van der Waals surface area (Å²) in [4.78, 5) is 2.60. The van der Waals surface area contributed by atoms with Gasteiger partial charge in [-0.25, -0.2) is 0 Å². The van der Waals surface area contributed by atoms with Gasteiger partial charge in [0.25, 0.3) is 0 Å². The van der Waals surface area contributed by atoms with Gasteiger partial charge >= 0.3 is 0 Å². The van der Waals surface area contributed by atoms with E-state index in [1.54, 1.807) is 0 Å². The highest BCUT2D eigenvalue weighted by molar-refractivity contribution is 9.10. The van der Waals surface area contributed by atoms with E-state index in [0.717, 1.165) is 32.6 Å². The number of nitrogens with zero attached hydrogens (tertiary/aromatic N) is 3. The van der Waals surface area contributed by atoms with Crippen molar-refractivity contribution >= 4 is 15.9 Å². The first-order chi connectivity index (χ1) is 9.92. The molecular weight excluding hydrogens is 328 g/mol. The molecule has 0 spiro atoms. The van der Waals surface area contributed by atoms with E-state index in [-0.39, 0.29) is 5.54 Å². The average molecular weight is 357 g/mol. The van der Waals surface area contributed by atoms with Crippen LogP contribution in [0.2, 0.25) is 0 Å². The summed E-state index contributed by atoms with van der Waals surface area (Å²) in [5.41, 5.74) is 2.67. The van der Waals surface area contributed by atoms with Crippen LogP contribution in [0, 0.1) is 0 Å². The topological polar surface area (TPSA) is 33.1 Å². The predicted molar refractivity (Wildman–Crippen MR) is 91.5 cm³/mol. The third kappa shape index (κ3) is 3.51.